The van der Waals surface area contributed by atoms with Gasteiger partial charge in [-0.2, -0.15) is 0 Å². The molecule has 0 unspecified atom stereocenters. The summed E-state index contributed by atoms with van der Waals surface area (Å²) in [5.74, 6) is -0.0592. The third kappa shape index (κ3) is 2.97. The lowest BCUT2D eigenvalue weighted by molar-refractivity contribution is 0.102. The second-order valence-corrected chi connectivity index (χ2v) is 7.93. The standard InChI is InChI=1S/C23H24N4O/c28-22(26-18-5-7-19(8-6-18)27-13-12-24-16-27)17-4-9-21-20(14-17)23(15-25-21)10-2-1-3-11-23/h4-9,12-14,16,25H,1-3,10-11,15H2,(H,26,28). The molecule has 142 valence electrons. The van der Waals surface area contributed by atoms with Gasteiger partial charge in [0.15, 0.2) is 0 Å². The minimum Gasteiger partial charge on any atom is -0.384 e. The fourth-order valence-electron chi connectivity index (χ4n) is 4.64. The maximum Gasteiger partial charge on any atom is 0.255 e. The van der Waals surface area contributed by atoms with E-state index in [2.05, 4.69) is 27.8 Å². The van der Waals surface area contributed by atoms with Crippen molar-refractivity contribution in [3.8, 4) is 5.69 Å². The molecular formula is C23H24N4O. The molecule has 3 aromatic rings. The molecule has 5 nitrogen and oxygen atoms in total. The molecule has 5 heteroatoms. The highest BCUT2D eigenvalue weighted by Gasteiger charge is 2.39. The average Bonchev–Trinajstić information content (AvgIpc) is 3.39. The van der Waals surface area contributed by atoms with Crippen LogP contribution >= 0.6 is 0 Å². The molecule has 2 aliphatic rings. The summed E-state index contributed by atoms with van der Waals surface area (Å²) < 4.78 is 1.93. The van der Waals surface area contributed by atoms with Gasteiger partial charge >= 0.3 is 0 Å². The number of benzene rings is 2. The minimum absolute atomic E-state index is 0.0592. The molecule has 1 spiro atoms. The summed E-state index contributed by atoms with van der Waals surface area (Å²) in [6.45, 7) is 1.00. The Hall–Kier alpha value is -3.08. The number of anilines is 2. The first-order valence-corrected chi connectivity index (χ1v) is 10.0. The first kappa shape index (κ1) is 17.0. The Labute approximate surface area is 164 Å². The Morgan fingerprint density at radius 1 is 1.07 bits per heavy atom. The van der Waals surface area contributed by atoms with Crippen molar-refractivity contribution in [2.24, 2.45) is 0 Å². The molecule has 0 saturated heterocycles. The third-order valence-electron chi connectivity index (χ3n) is 6.21. The van der Waals surface area contributed by atoms with E-state index in [4.69, 9.17) is 0 Å². The van der Waals surface area contributed by atoms with E-state index in [-0.39, 0.29) is 11.3 Å². The number of imidazole rings is 1. The van der Waals surface area contributed by atoms with Crippen LogP contribution in [0.15, 0.2) is 61.2 Å². The predicted octanol–water partition coefficient (Wildman–Crippen LogP) is 4.75. The van der Waals surface area contributed by atoms with Gasteiger partial charge in [0.1, 0.15) is 0 Å². The van der Waals surface area contributed by atoms with Crippen molar-refractivity contribution in [2.75, 3.05) is 17.2 Å². The Morgan fingerprint density at radius 2 is 1.89 bits per heavy atom. The van der Waals surface area contributed by atoms with Gasteiger partial charge in [-0.25, -0.2) is 4.98 Å². The van der Waals surface area contributed by atoms with Crippen molar-refractivity contribution in [3.63, 3.8) is 0 Å². The number of carbonyl (C=O) groups excluding carboxylic acids is 1. The maximum atomic E-state index is 12.9. The number of nitrogens with one attached hydrogen (secondary N) is 2. The van der Waals surface area contributed by atoms with Gasteiger partial charge in [-0.05, 0) is 60.9 Å². The summed E-state index contributed by atoms with van der Waals surface area (Å²) in [6.07, 6.45) is 11.7. The van der Waals surface area contributed by atoms with Crippen LogP contribution in [0.1, 0.15) is 48.0 Å². The van der Waals surface area contributed by atoms with Crippen LogP contribution in [-0.4, -0.2) is 22.0 Å². The largest absolute Gasteiger partial charge is 0.384 e. The number of hydrogen-bond acceptors (Lipinski definition) is 3. The van der Waals surface area contributed by atoms with Crippen LogP contribution in [0.25, 0.3) is 5.69 Å². The molecule has 1 aromatic heterocycles. The molecule has 1 fully saturated rings. The quantitative estimate of drug-likeness (QED) is 0.697. The lowest BCUT2D eigenvalue weighted by Crippen LogP contribution is -2.31. The van der Waals surface area contributed by atoms with Crippen LogP contribution in [0, 0.1) is 0 Å². The van der Waals surface area contributed by atoms with Crippen molar-refractivity contribution < 1.29 is 4.79 Å². The number of hydrogen-bond donors (Lipinski definition) is 2. The Balaban J connectivity index is 1.35. The van der Waals surface area contributed by atoms with Gasteiger partial charge in [-0.3, -0.25) is 4.79 Å². The molecule has 28 heavy (non-hydrogen) atoms. The van der Waals surface area contributed by atoms with Crippen LogP contribution < -0.4 is 10.6 Å². The molecule has 0 atom stereocenters. The van der Waals surface area contributed by atoms with E-state index < -0.39 is 0 Å². The van der Waals surface area contributed by atoms with Crippen molar-refractivity contribution in [1.82, 2.24) is 9.55 Å². The summed E-state index contributed by atoms with van der Waals surface area (Å²) in [5.41, 5.74) is 5.28. The van der Waals surface area contributed by atoms with E-state index in [1.165, 1.54) is 43.4 Å². The molecule has 2 aromatic carbocycles. The van der Waals surface area contributed by atoms with E-state index in [0.29, 0.717) is 0 Å². The van der Waals surface area contributed by atoms with Crippen molar-refractivity contribution in [2.45, 2.75) is 37.5 Å². The highest BCUT2D eigenvalue weighted by atomic mass is 16.1. The number of nitrogens with zero attached hydrogens (tertiary/aromatic N) is 2. The summed E-state index contributed by atoms with van der Waals surface area (Å²) in [6, 6.07) is 13.9. The predicted molar refractivity (Wildman–Crippen MR) is 111 cm³/mol. The molecule has 0 bridgehead atoms. The van der Waals surface area contributed by atoms with Gasteiger partial charge < -0.3 is 15.2 Å². The molecule has 1 aliphatic heterocycles. The molecular weight excluding hydrogens is 348 g/mol. The fraction of sp³-hybridized carbons (Fsp3) is 0.304. The Kier molecular flexibility index (Phi) is 4.15. The van der Waals surface area contributed by atoms with Gasteiger partial charge in [-0.1, -0.05) is 19.3 Å². The molecule has 1 saturated carbocycles. The molecule has 1 amide bonds. The lowest BCUT2D eigenvalue weighted by Gasteiger charge is -2.33. The van der Waals surface area contributed by atoms with Crippen molar-refractivity contribution >= 4 is 17.3 Å². The minimum atomic E-state index is -0.0592. The number of aromatic nitrogens is 2. The second kappa shape index (κ2) is 6.82. The van der Waals surface area contributed by atoms with Crippen LogP contribution in [-0.2, 0) is 5.41 Å². The smallest absolute Gasteiger partial charge is 0.255 e. The zero-order valence-electron chi connectivity index (χ0n) is 15.8. The van der Waals surface area contributed by atoms with E-state index in [9.17, 15) is 4.79 Å². The summed E-state index contributed by atoms with van der Waals surface area (Å²) in [5, 5.41) is 6.59. The zero-order valence-corrected chi connectivity index (χ0v) is 15.8. The van der Waals surface area contributed by atoms with Gasteiger partial charge in [0.05, 0.1) is 6.33 Å². The van der Waals surface area contributed by atoms with Crippen molar-refractivity contribution in [1.29, 1.82) is 0 Å². The number of fused-ring (bicyclic) bond motifs is 2. The lowest BCUT2D eigenvalue weighted by atomic mass is 9.70. The summed E-state index contributed by atoms with van der Waals surface area (Å²) in [4.78, 5) is 16.9. The molecule has 5 rings (SSSR count). The van der Waals surface area contributed by atoms with E-state index in [0.717, 1.165) is 23.5 Å². The maximum absolute atomic E-state index is 12.9. The van der Waals surface area contributed by atoms with Crippen LogP contribution in [0.3, 0.4) is 0 Å². The summed E-state index contributed by atoms with van der Waals surface area (Å²) >= 11 is 0. The van der Waals surface area contributed by atoms with Gasteiger partial charge in [0.25, 0.3) is 5.91 Å². The zero-order chi connectivity index (χ0) is 19.0. The molecule has 2 N–H and O–H groups in total. The van der Waals surface area contributed by atoms with Crippen LogP contribution in [0.2, 0.25) is 0 Å². The number of amides is 1. The van der Waals surface area contributed by atoms with Crippen molar-refractivity contribution in [3.05, 3.63) is 72.3 Å². The second-order valence-electron chi connectivity index (χ2n) is 7.93. The summed E-state index contributed by atoms with van der Waals surface area (Å²) in [7, 11) is 0. The number of rotatable bonds is 3. The SMILES string of the molecule is O=C(Nc1ccc(-n2ccnc2)cc1)c1ccc2c(c1)C1(CCCCC1)CN2. The molecule has 2 heterocycles. The fourth-order valence-corrected chi connectivity index (χ4v) is 4.64. The monoisotopic (exact) mass is 372 g/mol. The highest BCUT2D eigenvalue weighted by molar-refractivity contribution is 6.04. The van der Waals surface area contributed by atoms with Crippen LogP contribution in [0.4, 0.5) is 11.4 Å². The van der Waals surface area contributed by atoms with Gasteiger partial charge in [0.2, 0.25) is 0 Å². The van der Waals surface area contributed by atoms with E-state index in [1.807, 2.05) is 41.1 Å². The Morgan fingerprint density at radius 3 is 2.64 bits per heavy atom. The Bertz CT molecular complexity index is 980. The van der Waals surface area contributed by atoms with Crippen LogP contribution in [0.5, 0.6) is 0 Å². The molecule has 0 radical (unpaired) electrons. The number of carbonyl (C=O) groups is 1. The first-order valence-electron chi connectivity index (χ1n) is 10.0. The normalized spacial score (nSPS) is 17.1. The molecule has 1 aliphatic carbocycles. The first-order chi connectivity index (χ1) is 13.7. The van der Waals surface area contributed by atoms with E-state index in [1.54, 1.807) is 12.5 Å². The topological polar surface area (TPSA) is 59.0 Å². The van der Waals surface area contributed by atoms with Gasteiger partial charge in [0, 0.05) is 47.0 Å². The highest BCUT2D eigenvalue weighted by Crippen LogP contribution is 2.46. The van der Waals surface area contributed by atoms with Gasteiger partial charge in [-0.15, -0.1) is 0 Å². The average molecular weight is 372 g/mol. The van der Waals surface area contributed by atoms with E-state index >= 15 is 0 Å². The third-order valence-corrected chi connectivity index (χ3v) is 6.21.